The fourth-order valence-corrected chi connectivity index (χ4v) is 3.61. The van der Waals surface area contributed by atoms with Gasteiger partial charge in [0, 0.05) is 18.5 Å². The van der Waals surface area contributed by atoms with Crippen LogP contribution in [-0.2, 0) is 0 Å². The molecular weight excluding hydrogens is 298 g/mol. The Labute approximate surface area is 131 Å². The van der Waals surface area contributed by atoms with Crippen LogP contribution in [0.2, 0.25) is 0 Å². The highest BCUT2D eigenvalue weighted by molar-refractivity contribution is 7.07. The van der Waals surface area contributed by atoms with Crippen LogP contribution in [0.4, 0.5) is 0 Å². The van der Waals surface area contributed by atoms with Gasteiger partial charge < -0.3 is 4.90 Å². The summed E-state index contributed by atoms with van der Waals surface area (Å²) in [7, 11) is 0. The molecule has 3 heterocycles. The zero-order chi connectivity index (χ0) is 15.1. The van der Waals surface area contributed by atoms with E-state index in [4.69, 9.17) is 0 Å². The third kappa shape index (κ3) is 2.09. The van der Waals surface area contributed by atoms with Crippen LogP contribution in [0.1, 0.15) is 27.8 Å². The van der Waals surface area contributed by atoms with Crippen molar-refractivity contribution in [3.63, 3.8) is 0 Å². The van der Waals surface area contributed by atoms with Crippen molar-refractivity contribution in [2.45, 2.75) is 19.4 Å². The number of hydrogen-bond acceptors (Lipinski definition) is 5. The van der Waals surface area contributed by atoms with Gasteiger partial charge in [-0.25, -0.2) is 0 Å². The molecule has 1 unspecified atom stereocenters. The summed E-state index contributed by atoms with van der Waals surface area (Å²) in [5, 5.41) is 9.56. The van der Waals surface area contributed by atoms with Crippen LogP contribution in [0.15, 0.2) is 30.5 Å². The number of aromatic nitrogens is 4. The van der Waals surface area contributed by atoms with E-state index >= 15 is 0 Å². The first-order chi connectivity index (χ1) is 10.7. The lowest BCUT2D eigenvalue weighted by molar-refractivity contribution is 0.0791. The van der Waals surface area contributed by atoms with E-state index in [2.05, 4.69) is 26.8 Å². The predicted octanol–water partition coefficient (Wildman–Crippen LogP) is 2.28. The minimum absolute atomic E-state index is 0.0338. The van der Waals surface area contributed by atoms with Crippen molar-refractivity contribution in [1.29, 1.82) is 0 Å². The minimum atomic E-state index is 0.0338. The van der Waals surface area contributed by atoms with E-state index in [9.17, 15) is 4.79 Å². The second-order valence-electron chi connectivity index (χ2n) is 5.53. The molecule has 112 valence electrons. The Kier molecular flexibility index (Phi) is 3.15. The number of nitrogens with zero attached hydrogens (tertiary/aromatic N) is 5. The van der Waals surface area contributed by atoms with E-state index in [0.717, 1.165) is 23.9 Å². The molecule has 1 aliphatic rings. The summed E-state index contributed by atoms with van der Waals surface area (Å²) in [6.07, 6.45) is 2.81. The molecule has 1 aromatic carbocycles. The molecule has 1 saturated heterocycles. The highest BCUT2D eigenvalue weighted by atomic mass is 32.1. The average molecular weight is 313 g/mol. The first kappa shape index (κ1) is 13.4. The molecule has 1 aliphatic heterocycles. The van der Waals surface area contributed by atoms with Crippen LogP contribution >= 0.6 is 11.5 Å². The molecule has 6 nitrogen and oxygen atoms in total. The Bertz CT molecular complexity index is 839. The molecule has 22 heavy (non-hydrogen) atoms. The van der Waals surface area contributed by atoms with Crippen molar-refractivity contribution < 1.29 is 4.79 Å². The van der Waals surface area contributed by atoms with Gasteiger partial charge in [0.2, 0.25) is 0 Å². The van der Waals surface area contributed by atoms with Gasteiger partial charge >= 0.3 is 0 Å². The van der Waals surface area contributed by atoms with Gasteiger partial charge in [0.15, 0.2) is 0 Å². The minimum Gasteiger partial charge on any atom is -0.336 e. The largest absolute Gasteiger partial charge is 0.336 e. The molecular formula is C15H15N5OS. The molecule has 1 atom stereocenters. The summed E-state index contributed by atoms with van der Waals surface area (Å²) in [5.41, 5.74) is 1.83. The number of hydrogen-bond donors (Lipinski definition) is 0. The SMILES string of the molecule is Cc1nnsc1C(=O)N1CCC(n2ncc3ccccc32)C1. The van der Waals surface area contributed by atoms with Gasteiger partial charge in [-0.05, 0) is 30.9 Å². The molecule has 0 N–H and O–H groups in total. The van der Waals surface area contributed by atoms with Crippen molar-refractivity contribution in [3.8, 4) is 0 Å². The van der Waals surface area contributed by atoms with Crippen molar-refractivity contribution in [2.75, 3.05) is 13.1 Å². The normalized spacial score (nSPS) is 18.2. The quantitative estimate of drug-likeness (QED) is 0.728. The van der Waals surface area contributed by atoms with Crippen LogP contribution in [0.3, 0.4) is 0 Å². The lowest BCUT2D eigenvalue weighted by atomic mass is 10.2. The smallest absolute Gasteiger partial charge is 0.267 e. The fraction of sp³-hybridized carbons (Fsp3) is 0.333. The summed E-state index contributed by atoms with van der Waals surface area (Å²) < 4.78 is 5.89. The number of rotatable bonds is 2. The van der Waals surface area contributed by atoms with Gasteiger partial charge in [-0.15, -0.1) is 5.10 Å². The molecule has 4 rings (SSSR count). The fourth-order valence-electron chi connectivity index (χ4n) is 2.98. The number of likely N-dealkylation sites (tertiary alicyclic amines) is 1. The monoisotopic (exact) mass is 313 g/mol. The molecule has 0 radical (unpaired) electrons. The molecule has 1 fully saturated rings. The molecule has 0 spiro atoms. The summed E-state index contributed by atoms with van der Waals surface area (Å²) >= 11 is 1.17. The van der Waals surface area contributed by atoms with E-state index in [1.165, 1.54) is 11.5 Å². The van der Waals surface area contributed by atoms with Crippen LogP contribution < -0.4 is 0 Å². The van der Waals surface area contributed by atoms with Gasteiger partial charge in [-0.2, -0.15) is 5.10 Å². The molecule has 0 aliphatic carbocycles. The van der Waals surface area contributed by atoms with E-state index in [1.807, 2.05) is 34.8 Å². The van der Waals surface area contributed by atoms with Crippen molar-refractivity contribution in [3.05, 3.63) is 41.0 Å². The maximum atomic E-state index is 12.5. The molecule has 0 bridgehead atoms. The third-order valence-corrected chi connectivity index (χ3v) is 4.96. The number of benzene rings is 1. The van der Waals surface area contributed by atoms with Crippen LogP contribution in [0.5, 0.6) is 0 Å². The standard InChI is InChI=1S/C15H15N5OS/c1-10-14(22-18-17-10)15(21)19-7-6-12(9-19)20-13-5-3-2-4-11(13)8-16-20/h2-5,8,12H,6-7,9H2,1H3. The van der Waals surface area contributed by atoms with Crippen molar-refractivity contribution in [1.82, 2.24) is 24.3 Å². The van der Waals surface area contributed by atoms with Gasteiger partial charge in [-0.1, -0.05) is 22.7 Å². The maximum Gasteiger partial charge on any atom is 0.267 e. The zero-order valence-corrected chi connectivity index (χ0v) is 13.0. The summed E-state index contributed by atoms with van der Waals surface area (Å²) in [6, 6.07) is 8.39. The van der Waals surface area contributed by atoms with Crippen LogP contribution in [0, 0.1) is 6.92 Å². The number of amides is 1. The van der Waals surface area contributed by atoms with E-state index in [0.29, 0.717) is 17.1 Å². The summed E-state index contributed by atoms with van der Waals surface area (Å²) in [4.78, 5) is 15.1. The Morgan fingerprint density at radius 1 is 1.36 bits per heavy atom. The topological polar surface area (TPSA) is 63.9 Å². The van der Waals surface area contributed by atoms with E-state index in [-0.39, 0.29) is 11.9 Å². The Hall–Kier alpha value is -2.28. The van der Waals surface area contributed by atoms with Crippen molar-refractivity contribution in [2.24, 2.45) is 0 Å². The summed E-state index contributed by atoms with van der Waals surface area (Å²) in [5.74, 6) is 0.0338. The lowest BCUT2D eigenvalue weighted by Gasteiger charge is -2.16. The molecule has 0 saturated carbocycles. The Morgan fingerprint density at radius 2 is 2.23 bits per heavy atom. The van der Waals surface area contributed by atoms with Gasteiger partial charge in [0.1, 0.15) is 4.88 Å². The molecule has 2 aromatic heterocycles. The molecule has 1 amide bonds. The number of fused-ring (bicyclic) bond motifs is 1. The average Bonchev–Trinajstić information content (AvgIpc) is 3.25. The maximum absolute atomic E-state index is 12.5. The number of para-hydroxylation sites is 1. The lowest BCUT2D eigenvalue weighted by Crippen LogP contribution is -2.29. The predicted molar refractivity (Wildman–Crippen MR) is 83.9 cm³/mol. The van der Waals surface area contributed by atoms with Crippen LogP contribution in [0.25, 0.3) is 10.9 Å². The van der Waals surface area contributed by atoms with E-state index < -0.39 is 0 Å². The Morgan fingerprint density at radius 3 is 3.05 bits per heavy atom. The second-order valence-corrected chi connectivity index (χ2v) is 6.28. The summed E-state index contributed by atoms with van der Waals surface area (Å²) in [6.45, 7) is 3.25. The van der Waals surface area contributed by atoms with E-state index in [1.54, 1.807) is 0 Å². The number of carbonyl (C=O) groups excluding carboxylic acids is 1. The number of aryl methyl sites for hydroxylation is 1. The Balaban J connectivity index is 1.58. The van der Waals surface area contributed by atoms with Gasteiger partial charge in [-0.3, -0.25) is 9.48 Å². The first-order valence-corrected chi connectivity index (χ1v) is 8.02. The van der Waals surface area contributed by atoms with Crippen molar-refractivity contribution >= 4 is 28.3 Å². The zero-order valence-electron chi connectivity index (χ0n) is 12.1. The molecule has 3 aromatic rings. The number of carbonyl (C=O) groups is 1. The van der Waals surface area contributed by atoms with Crippen LogP contribution in [-0.4, -0.2) is 43.3 Å². The van der Waals surface area contributed by atoms with Gasteiger partial charge in [0.25, 0.3) is 5.91 Å². The molecule has 7 heteroatoms. The first-order valence-electron chi connectivity index (χ1n) is 7.24. The highest BCUT2D eigenvalue weighted by Crippen LogP contribution is 2.27. The third-order valence-electron chi connectivity index (χ3n) is 4.15. The highest BCUT2D eigenvalue weighted by Gasteiger charge is 2.30. The van der Waals surface area contributed by atoms with Gasteiger partial charge in [0.05, 0.1) is 23.4 Å². The second kappa shape index (κ2) is 5.17.